The Morgan fingerprint density at radius 3 is 2.57 bits per heavy atom. The fourth-order valence-corrected chi connectivity index (χ4v) is 2.41. The molecule has 14 heavy (non-hydrogen) atoms. The Morgan fingerprint density at radius 2 is 2.07 bits per heavy atom. The third-order valence-corrected chi connectivity index (χ3v) is 3.16. The number of rotatable bonds is 3. The van der Waals surface area contributed by atoms with E-state index in [0.29, 0.717) is 10.0 Å². The van der Waals surface area contributed by atoms with Gasteiger partial charge in [-0.25, -0.2) is 14.3 Å². The quantitative estimate of drug-likeness (QED) is 0.846. The first-order chi connectivity index (χ1) is 6.43. The van der Waals surface area contributed by atoms with Crippen LogP contribution in [-0.2, 0) is 21.3 Å². The van der Waals surface area contributed by atoms with E-state index in [-0.39, 0.29) is 11.5 Å². The first-order valence-electron chi connectivity index (χ1n) is 3.74. The summed E-state index contributed by atoms with van der Waals surface area (Å²) in [4.78, 5) is 4.68. The fourth-order valence-electron chi connectivity index (χ4n) is 1.01. The van der Waals surface area contributed by atoms with Crippen molar-refractivity contribution in [3.63, 3.8) is 0 Å². The van der Waals surface area contributed by atoms with E-state index in [9.17, 15) is 8.42 Å². The zero-order chi connectivity index (χ0) is 10.8. The molecule has 0 unspecified atom stereocenters. The van der Waals surface area contributed by atoms with E-state index in [0.717, 1.165) is 6.26 Å². The van der Waals surface area contributed by atoms with Crippen LogP contribution >= 0.6 is 15.9 Å². The number of nitrogens with two attached hydrogens (primary N) is 1. The Morgan fingerprint density at radius 1 is 1.43 bits per heavy atom. The van der Waals surface area contributed by atoms with Gasteiger partial charge in [0, 0.05) is 10.7 Å². The lowest BCUT2D eigenvalue weighted by Crippen LogP contribution is -2.02. The first-order valence-corrected chi connectivity index (χ1v) is 6.43. The topological polar surface area (TPSA) is 69.4 Å². The van der Waals surface area contributed by atoms with Gasteiger partial charge in [0.2, 0.25) is 0 Å². The van der Waals surface area contributed by atoms with Crippen LogP contribution in [0.2, 0.25) is 0 Å². The van der Waals surface area contributed by atoms with E-state index < -0.39 is 9.84 Å². The molecule has 0 fully saturated rings. The zero-order valence-corrected chi connectivity index (χ0v) is 9.93. The van der Waals surface area contributed by atoms with Gasteiger partial charge in [-0.1, -0.05) is 15.9 Å². The number of hydrogen-bond acceptors (Lipinski definition) is 4. The summed E-state index contributed by atoms with van der Waals surface area (Å²) in [5.74, 6) is 4.90. The Labute approximate surface area is 91.1 Å². The predicted octanol–water partition coefficient (Wildman–Crippen LogP) is 1.24. The van der Waals surface area contributed by atoms with Gasteiger partial charge < -0.3 is 0 Å². The Bertz CT molecular complexity index is 430. The number of hydrogen-bond donors (Lipinski definition) is 1. The Kier molecular flexibility index (Phi) is 3.65. The van der Waals surface area contributed by atoms with E-state index in [1.54, 1.807) is 6.07 Å². The molecule has 1 aromatic rings. The van der Waals surface area contributed by atoms with E-state index in [2.05, 4.69) is 20.8 Å². The van der Waals surface area contributed by atoms with Crippen LogP contribution in [-0.4, -0.2) is 14.7 Å². The first kappa shape index (κ1) is 11.6. The molecule has 78 valence electrons. The summed E-state index contributed by atoms with van der Waals surface area (Å²) < 4.78 is 23.2. The van der Waals surface area contributed by atoms with Crippen molar-refractivity contribution < 1.29 is 13.3 Å². The Hall–Kier alpha value is -0.430. The highest BCUT2D eigenvalue weighted by atomic mass is 79.9. The van der Waals surface area contributed by atoms with E-state index in [4.69, 9.17) is 5.90 Å². The minimum absolute atomic E-state index is 0.182. The SMILES string of the molecule is CS(=O)(=O)c1cc(Br)cc(CON)c1. The monoisotopic (exact) mass is 279 g/mol. The molecule has 0 saturated carbocycles. The van der Waals surface area contributed by atoms with Crippen LogP contribution in [0.3, 0.4) is 0 Å². The third kappa shape index (κ3) is 3.06. The van der Waals surface area contributed by atoms with Crippen LogP contribution in [0.15, 0.2) is 27.6 Å². The molecular weight excluding hydrogens is 270 g/mol. The standard InChI is InChI=1S/C8H10BrNO3S/c1-14(11,12)8-3-6(5-13-10)2-7(9)4-8/h2-4H,5,10H2,1H3. The normalized spacial score (nSPS) is 11.6. The molecule has 0 heterocycles. The number of benzene rings is 1. The van der Waals surface area contributed by atoms with Crippen LogP contribution < -0.4 is 5.90 Å². The summed E-state index contributed by atoms with van der Waals surface area (Å²) in [5, 5.41) is 0. The van der Waals surface area contributed by atoms with Crippen LogP contribution in [0.1, 0.15) is 5.56 Å². The largest absolute Gasteiger partial charge is 0.300 e. The summed E-state index contributed by atoms with van der Waals surface area (Å²) >= 11 is 3.21. The molecule has 1 aromatic carbocycles. The van der Waals surface area contributed by atoms with Gasteiger partial charge in [-0.15, -0.1) is 0 Å². The summed E-state index contributed by atoms with van der Waals surface area (Å²) in [6.45, 7) is 0.182. The van der Waals surface area contributed by atoms with Gasteiger partial charge in [-0.05, 0) is 23.8 Å². The molecule has 6 heteroatoms. The molecule has 0 aliphatic rings. The van der Waals surface area contributed by atoms with Gasteiger partial charge in [0.15, 0.2) is 9.84 Å². The highest BCUT2D eigenvalue weighted by molar-refractivity contribution is 9.10. The average Bonchev–Trinajstić information content (AvgIpc) is 2.02. The van der Waals surface area contributed by atoms with Crippen molar-refractivity contribution in [2.45, 2.75) is 11.5 Å². The lowest BCUT2D eigenvalue weighted by atomic mass is 10.2. The molecule has 0 saturated heterocycles. The van der Waals surface area contributed by atoms with Crippen molar-refractivity contribution >= 4 is 25.8 Å². The molecular formula is C8H10BrNO3S. The molecule has 0 atom stereocenters. The van der Waals surface area contributed by atoms with Crippen molar-refractivity contribution in [2.75, 3.05) is 6.26 Å². The molecule has 4 nitrogen and oxygen atoms in total. The lowest BCUT2D eigenvalue weighted by Gasteiger charge is -2.04. The minimum Gasteiger partial charge on any atom is -0.300 e. The zero-order valence-electron chi connectivity index (χ0n) is 7.53. The number of sulfone groups is 1. The van der Waals surface area contributed by atoms with Crippen LogP contribution in [0.4, 0.5) is 0 Å². The minimum atomic E-state index is -3.19. The van der Waals surface area contributed by atoms with Gasteiger partial charge in [0.05, 0.1) is 11.5 Å². The molecule has 0 aliphatic carbocycles. The fraction of sp³-hybridized carbons (Fsp3) is 0.250. The summed E-state index contributed by atoms with van der Waals surface area (Å²) in [5.41, 5.74) is 0.710. The molecule has 0 aromatic heterocycles. The van der Waals surface area contributed by atoms with Gasteiger partial charge in [-0.3, -0.25) is 4.84 Å². The molecule has 0 aliphatic heterocycles. The van der Waals surface area contributed by atoms with Crippen molar-refractivity contribution in [1.29, 1.82) is 0 Å². The van der Waals surface area contributed by atoms with Gasteiger partial charge >= 0.3 is 0 Å². The van der Waals surface area contributed by atoms with Crippen molar-refractivity contribution in [2.24, 2.45) is 5.90 Å². The maximum atomic E-state index is 11.2. The Balaban J connectivity index is 3.21. The molecule has 0 amide bonds. The second-order valence-electron chi connectivity index (χ2n) is 2.88. The third-order valence-electron chi connectivity index (χ3n) is 1.61. The highest BCUT2D eigenvalue weighted by Gasteiger charge is 2.09. The van der Waals surface area contributed by atoms with Gasteiger partial charge in [0.25, 0.3) is 0 Å². The predicted molar refractivity (Wildman–Crippen MR) is 56.2 cm³/mol. The van der Waals surface area contributed by atoms with Crippen LogP contribution in [0.5, 0.6) is 0 Å². The summed E-state index contributed by atoms with van der Waals surface area (Å²) in [6, 6.07) is 4.82. The van der Waals surface area contributed by atoms with E-state index in [1.165, 1.54) is 12.1 Å². The lowest BCUT2D eigenvalue weighted by molar-refractivity contribution is 0.124. The molecule has 1 rings (SSSR count). The second kappa shape index (κ2) is 4.39. The van der Waals surface area contributed by atoms with Crippen LogP contribution in [0, 0.1) is 0 Å². The maximum absolute atomic E-state index is 11.2. The van der Waals surface area contributed by atoms with Gasteiger partial charge in [-0.2, -0.15) is 0 Å². The highest BCUT2D eigenvalue weighted by Crippen LogP contribution is 2.19. The molecule has 0 bridgehead atoms. The smallest absolute Gasteiger partial charge is 0.175 e. The number of halogens is 1. The summed E-state index contributed by atoms with van der Waals surface area (Å²) in [7, 11) is -3.19. The molecule has 2 N–H and O–H groups in total. The van der Waals surface area contributed by atoms with Crippen molar-refractivity contribution in [3.05, 3.63) is 28.2 Å². The summed E-state index contributed by atoms with van der Waals surface area (Å²) in [6.07, 6.45) is 1.15. The molecule has 0 radical (unpaired) electrons. The second-order valence-corrected chi connectivity index (χ2v) is 5.81. The average molecular weight is 280 g/mol. The van der Waals surface area contributed by atoms with Gasteiger partial charge in [0.1, 0.15) is 0 Å². The maximum Gasteiger partial charge on any atom is 0.175 e. The molecule has 0 spiro atoms. The van der Waals surface area contributed by atoms with E-state index >= 15 is 0 Å². The van der Waals surface area contributed by atoms with E-state index in [1.807, 2.05) is 0 Å². The van der Waals surface area contributed by atoms with Crippen molar-refractivity contribution in [3.8, 4) is 0 Å². The van der Waals surface area contributed by atoms with Crippen LogP contribution in [0.25, 0.3) is 0 Å². The van der Waals surface area contributed by atoms with Crippen molar-refractivity contribution in [1.82, 2.24) is 0 Å².